The van der Waals surface area contributed by atoms with Gasteiger partial charge in [0.1, 0.15) is 12.6 Å². The summed E-state index contributed by atoms with van der Waals surface area (Å²) in [7, 11) is -3.83. The fourth-order valence-electron chi connectivity index (χ4n) is 3.47. The highest BCUT2D eigenvalue weighted by molar-refractivity contribution is 9.10. The Labute approximate surface area is 208 Å². The first-order valence-corrected chi connectivity index (χ1v) is 13.3. The molecule has 0 fully saturated rings. The van der Waals surface area contributed by atoms with E-state index in [0.717, 1.165) is 20.6 Å². The fraction of sp³-hybridized carbons (Fsp3) is 0.391. The van der Waals surface area contributed by atoms with E-state index >= 15 is 0 Å². The Morgan fingerprint density at radius 2 is 1.79 bits per heavy atom. The lowest BCUT2D eigenvalue weighted by Gasteiger charge is -2.32. The molecule has 0 spiro atoms. The molecule has 1 atom stereocenters. The molecule has 2 aromatic carbocycles. The van der Waals surface area contributed by atoms with Gasteiger partial charge in [-0.3, -0.25) is 13.9 Å². The molecule has 0 unspecified atom stereocenters. The predicted molar refractivity (Wildman–Crippen MR) is 132 cm³/mol. The van der Waals surface area contributed by atoms with Crippen molar-refractivity contribution in [1.29, 1.82) is 0 Å². The number of benzene rings is 2. The molecule has 1 aliphatic rings. The minimum Gasteiger partial charge on any atom is -0.454 e. The predicted octanol–water partition coefficient (Wildman–Crippen LogP) is 2.89. The van der Waals surface area contributed by atoms with Crippen LogP contribution in [-0.2, 0) is 26.2 Å². The molecule has 9 nitrogen and oxygen atoms in total. The zero-order valence-corrected chi connectivity index (χ0v) is 21.9. The summed E-state index contributed by atoms with van der Waals surface area (Å²) in [5, 5.41) is 2.81. The molecule has 34 heavy (non-hydrogen) atoms. The van der Waals surface area contributed by atoms with Crippen molar-refractivity contribution in [2.45, 2.75) is 39.4 Å². The Hall–Kier alpha value is -2.79. The Kier molecular flexibility index (Phi) is 8.09. The van der Waals surface area contributed by atoms with Crippen LogP contribution in [0.15, 0.2) is 46.9 Å². The number of carbonyl (C=O) groups excluding carboxylic acids is 2. The average Bonchev–Trinajstić information content (AvgIpc) is 3.21. The standard InChI is InChI=1S/C23H28BrN3O6S/c1-15(2)25-23(29)16(3)26(12-17-6-5-7-18(24)10-17)22(28)13-27(34(4,30)31)19-8-9-20-21(11-19)33-14-32-20/h5-11,15-16H,12-14H2,1-4H3,(H,25,29)/t16-/m0/s1. The number of rotatable bonds is 9. The maximum atomic E-state index is 13.5. The van der Waals surface area contributed by atoms with Crippen LogP contribution in [0.1, 0.15) is 26.3 Å². The second kappa shape index (κ2) is 10.6. The van der Waals surface area contributed by atoms with Crippen molar-refractivity contribution in [2.75, 3.05) is 23.9 Å². The number of sulfonamides is 1. The molecule has 2 aromatic rings. The van der Waals surface area contributed by atoms with E-state index in [2.05, 4.69) is 21.2 Å². The lowest BCUT2D eigenvalue weighted by Crippen LogP contribution is -2.52. The normalized spacial score (nSPS) is 13.5. The Morgan fingerprint density at radius 3 is 2.44 bits per heavy atom. The minimum atomic E-state index is -3.83. The molecule has 0 aliphatic carbocycles. The molecule has 0 bridgehead atoms. The lowest BCUT2D eigenvalue weighted by molar-refractivity contribution is -0.139. The van der Waals surface area contributed by atoms with Crippen molar-refractivity contribution >= 4 is 43.5 Å². The third-order valence-electron chi connectivity index (χ3n) is 5.16. The molecule has 0 aromatic heterocycles. The minimum absolute atomic E-state index is 0.0412. The van der Waals surface area contributed by atoms with E-state index < -0.39 is 28.5 Å². The monoisotopic (exact) mass is 553 g/mol. The number of halogens is 1. The number of fused-ring (bicyclic) bond motifs is 1. The molecular weight excluding hydrogens is 526 g/mol. The molecule has 184 valence electrons. The highest BCUT2D eigenvalue weighted by Gasteiger charge is 2.31. The molecule has 3 rings (SSSR count). The molecule has 0 radical (unpaired) electrons. The van der Waals surface area contributed by atoms with Crippen LogP contribution in [0.5, 0.6) is 11.5 Å². The lowest BCUT2D eigenvalue weighted by atomic mass is 10.1. The van der Waals surface area contributed by atoms with Crippen LogP contribution < -0.4 is 19.1 Å². The number of carbonyl (C=O) groups is 2. The molecular formula is C23H28BrN3O6S. The molecule has 0 saturated carbocycles. The maximum Gasteiger partial charge on any atom is 0.244 e. The van der Waals surface area contributed by atoms with Gasteiger partial charge < -0.3 is 19.7 Å². The molecule has 1 N–H and O–H groups in total. The third-order valence-corrected chi connectivity index (χ3v) is 6.80. The van der Waals surface area contributed by atoms with E-state index in [0.29, 0.717) is 11.5 Å². The number of nitrogens with one attached hydrogen (secondary N) is 1. The zero-order valence-electron chi connectivity index (χ0n) is 19.4. The van der Waals surface area contributed by atoms with Crippen LogP contribution in [-0.4, -0.2) is 56.8 Å². The van der Waals surface area contributed by atoms with E-state index in [1.165, 1.54) is 11.0 Å². The summed E-state index contributed by atoms with van der Waals surface area (Å²) in [6.45, 7) is 4.97. The van der Waals surface area contributed by atoms with E-state index in [1.807, 2.05) is 38.1 Å². The zero-order chi connectivity index (χ0) is 25.0. The van der Waals surface area contributed by atoms with Gasteiger partial charge >= 0.3 is 0 Å². The van der Waals surface area contributed by atoms with Gasteiger partial charge in [-0.05, 0) is 50.6 Å². The van der Waals surface area contributed by atoms with Gasteiger partial charge in [-0.15, -0.1) is 0 Å². The van der Waals surface area contributed by atoms with Crippen LogP contribution in [0, 0.1) is 0 Å². The molecule has 11 heteroatoms. The Balaban J connectivity index is 1.91. The summed E-state index contributed by atoms with van der Waals surface area (Å²) < 4.78 is 37.8. The smallest absolute Gasteiger partial charge is 0.244 e. The van der Waals surface area contributed by atoms with Crippen molar-refractivity contribution < 1.29 is 27.5 Å². The highest BCUT2D eigenvalue weighted by atomic mass is 79.9. The SMILES string of the molecule is CC(C)NC(=O)[C@H](C)N(Cc1cccc(Br)c1)C(=O)CN(c1ccc2c(c1)OCO2)S(C)(=O)=O. The first kappa shape index (κ1) is 25.8. The molecule has 2 amide bonds. The van der Waals surface area contributed by atoms with Crippen LogP contribution in [0.2, 0.25) is 0 Å². The first-order chi connectivity index (χ1) is 16.0. The third kappa shape index (κ3) is 6.41. The van der Waals surface area contributed by atoms with Gasteiger partial charge in [-0.25, -0.2) is 8.42 Å². The summed E-state index contributed by atoms with van der Waals surface area (Å²) in [4.78, 5) is 27.6. The summed E-state index contributed by atoms with van der Waals surface area (Å²) >= 11 is 3.42. The van der Waals surface area contributed by atoms with Gasteiger partial charge in [0.2, 0.25) is 28.6 Å². The van der Waals surface area contributed by atoms with E-state index in [-0.39, 0.29) is 31.0 Å². The topological polar surface area (TPSA) is 105 Å². The van der Waals surface area contributed by atoms with E-state index in [9.17, 15) is 18.0 Å². The van der Waals surface area contributed by atoms with Crippen LogP contribution in [0.4, 0.5) is 5.69 Å². The maximum absolute atomic E-state index is 13.5. The quantitative estimate of drug-likeness (QED) is 0.511. The number of hydrogen-bond acceptors (Lipinski definition) is 6. The number of nitrogens with zero attached hydrogens (tertiary/aromatic N) is 2. The second-order valence-electron chi connectivity index (χ2n) is 8.30. The summed E-state index contributed by atoms with van der Waals surface area (Å²) in [6, 6.07) is 11.1. The number of anilines is 1. The van der Waals surface area contributed by atoms with Crippen LogP contribution in [0.25, 0.3) is 0 Å². The van der Waals surface area contributed by atoms with Gasteiger partial charge in [0, 0.05) is 23.1 Å². The highest BCUT2D eigenvalue weighted by Crippen LogP contribution is 2.36. The van der Waals surface area contributed by atoms with E-state index in [4.69, 9.17) is 9.47 Å². The molecule has 0 saturated heterocycles. The number of ether oxygens (including phenoxy) is 2. The Morgan fingerprint density at radius 1 is 1.09 bits per heavy atom. The van der Waals surface area contributed by atoms with Crippen LogP contribution in [0.3, 0.4) is 0 Å². The van der Waals surface area contributed by atoms with Crippen LogP contribution >= 0.6 is 15.9 Å². The van der Waals surface area contributed by atoms with Gasteiger partial charge in [-0.2, -0.15) is 0 Å². The second-order valence-corrected chi connectivity index (χ2v) is 11.1. The van der Waals surface area contributed by atoms with E-state index in [1.54, 1.807) is 19.1 Å². The van der Waals surface area contributed by atoms with Crippen molar-refractivity contribution in [1.82, 2.24) is 10.2 Å². The fourth-order valence-corrected chi connectivity index (χ4v) is 4.76. The van der Waals surface area contributed by atoms with Crippen molar-refractivity contribution in [3.8, 4) is 11.5 Å². The molecule has 1 aliphatic heterocycles. The molecule has 1 heterocycles. The van der Waals surface area contributed by atoms with Crippen molar-refractivity contribution in [3.63, 3.8) is 0 Å². The van der Waals surface area contributed by atoms with Gasteiger partial charge in [0.25, 0.3) is 0 Å². The van der Waals surface area contributed by atoms with Gasteiger partial charge in [-0.1, -0.05) is 28.1 Å². The number of amides is 2. The Bertz CT molecular complexity index is 1170. The van der Waals surface area contributed by atoms with Crippen molar-refractivity contribution in [2.24, 2.45) is 0 Å². The summed E-state index contributed by atoms with van der Waals surface area (Å²) in [5.74, 6) is 0.0508. The van der Waals surface area contributed by atoms with Gasteiger partial charge in [0.05, 0.1) is 11.9 Å². The average molecular weight is 554 g/mol. The van der Waals surface area contributed by atoms with Gasteiger partial charge in [0.15, 0.2) is 11.5 Å². The summed E-state index contributed by atoms with van der Waals surface area (Å²) in [6.07, 6.45) is 1.03. The summed E-state index contributed by atoms with van der Waals surface area (Å²) in [5.41, 5.74) is 1.06. The largest absolute Gasteiger partial charge is 0.454 e. The first-order valence-electron chi connectivity index (χ1n) is 10.7. The van der Waals surface area contributed by atoms with Crippen molar-refractivity contribution in [3.05, 3.63) is 52.5 Å². The number of hydrogen-bond donors (Lipinski definition) is 1.